The number of ether oxygens (including phenoxy) is 3. The van der Waals surface area contributed by atoms with Crippen LogP contribution in [0.2, 0.25) is 0 Å². The lowest BCUT2D eigenvalue weighted by Gasteiger charge is -2.40. The molecular formula is C24H28BNO5. The monoisotopic (exact) mass is 421 g/mol. The molecule has 7 heteroatoms. The smallest absolute Gasteiger partial charge is 0.313 e. The Morgan fingerprint density at radius 3 is 2.13 bits per heavy atom. The summed E-state index contributed by atoms with van der Waals surface area (Å²) in [6, 6.07) is 18.7. The normalized spacial score (nSPS) is 29.6. The first-order chi connectivity index (χ1) is 14.9. The Labute approximate surface area is 183 Å². The fourth-order valence-electron chi connectivity index (χ4n) is 5.05. The highest BCUT2D eigenvalue weighted by atomic mass is 16.6. The number of esters is 2. The number of hydrogen-bond acceptors (Lipinski definition) is 6. The third-order valence-corrected chi connectivity index (χ3v) is 6.68. The topological polar surface area (TPSA) is 65.1 Å². The van der Waals surface area contributed by atoms with Crippen LogP contribution in [0.5, 0.6) is 0 Å². The van der Waals surface area contributed by atoms with Gasteiger partial charge < -0.3 is 14.2 Å². The number of carbonyl (C=O) groups is 2. The number of likely N-dealkylation sites (N-methyl/N-ethyl adjacent to an activating group) is 1. The number of nitrogens with zero attached hydrogens (tertiary/aromatic N) is 1. The van der Waals surface area contributed by atoms with E-state index >= 15 is 0 Å². The maximum Gasteiger partial charge on any atom is 0.313 e. The van der Waals surface area contributed by atoms with Gasteiger partial charge in [0.2, 0.25) is 0 Å². The summed E-state index contributed by atoms with van der Waals surface area (Å²) in [5.41, 5.74) is 0.885. The molecule has 2 aliphatic heterocycles. The van der Waals surface area contributed by atoms with Crippen molar-refractivity contribution < 1.29 is 23.8 Å². The highest BCUT2D eigenvalue weighted by Crippen LogP contribution is 2.51. The Bertz CT molecular complexity index is 924. The summed E-state index contributed by atoms with van der Waals surface area (Å²) in [6.45, 7) is 2.39. The minimum absolute atomic E-state index is 0.0112. The van der Waals surface area contributed by atoms with Crippen LogP contribution in [0.4, 0.5) is 0 Å². The Kier molecular flexibility index (Phi) is 6.16. The van der Waals surface area contributed by atoms with Gasteiger partial charge in [0, 0.05) is 18.1 Å². The van der Waals surface area contributed by atoms with E-state index in [1.54, 1.807) is 0 Å². The van der Waals surface area contributed by atoms with Crippen LogP contribution in [0.25, 0.3) is 0 Å². The van der Waals surface area contributed by atoms with E-state index in [1.165, 1.54) is 0 Å². The molecule has 0 aliphatic carbocycles. The predicted octanol–water partition coefficient (Wildman–Crippen LogP) is 1.91. The molecule has 0 saturated carbocycles. The molecule has 0 N–H and O–H groups in total. The number of fused-ring (bicyclic) bond motifs is 2. The molecule has 2 aromatic rings. The molecule has 6 nitrogen and oxygen atoms in total. The van der Waals surface area contributed by atoms with Crippen LogP contribution in [-0.2, 0) is 37.0 Å². The van der Waals surface area contributed by atoms with Gasteiger partial charge in [-0.25, -0.2) is 0 Å². The van der Waals surface area contributed by atoms with Gasteiger partial charge in [-0.3, -0.25) is 14.5 Å². The second-order valence-electron chi connectivity index (χ2n) is 8.50. The Balaban J connectivity index is 1.48. The molecule has 2 unspecified atom stereocenters. The van der Waals surface area contributed by atoms with E-state index in [0.717, 1.165) is 11.1 Å². The zero-order valence-corrected chi connectivity index (χ0v) is 18.2. The number of likely N-dealkylation sites (tertiary alicyclic amines) is 1. The average molecular weight is 421 g/mol. The highest BCUT2D eigenvalue weighted by molar-refractivity contribution is 6.12. The number of benzene rings is 2. The van der Waals surface area contributed by atoms with Gasteiger partial charge >= 0.3 is 11.9 Å². The quantitative estimate of drug-likeness (QED) is 0.503. The minimum atomic E-state index is -0.958. The summed E-state index contributed by atoms with van der Waals surface area (Å²) < 4.78 is 17.5. The van der Waals surface area contributed by atoms with Crippen molar-refractivity contribution in [3.8, 4) is 0 Å². The summed E-state index contributed by atoms with van der Waals surface area (Å²) in [7, 11) is 3.92. The molecule has 0 radical (unpaired) electrons. The molecule has 2 aromatic carbocycles. The van der Waals surface area contributed by atoms with Crippen LogP contribution in [0.15, 0.2) is 60.7 Å². The zero-order valence-electron chi connectivity index (χ0n) is 18.2. The maximum absolute atomic E-state index is 13.2. The molecule has 0 aromatic heterocycles. The van der Waals surface area contributed by atoms with E-state index in [-0.39, 0.29) is 49.7 Å². The van der Waals surface area contributed by atoms with Gasteiger partial charge in [-0.05, 0) is 25.1 Å². The molecule has 5 atom stereocenters. The maximum atomic E-state index is 13.2. The summed E-state index contributed by atoms with van der Waals surface area (Å²) in [5.74, 6) is -1.25. The third-order valence-electron chi connectivity index (χ3n) is 6.68. The summed E-state index contributed by atoms with van der Waals surface area (Å²) in [4.78, 5) is 28.1. The van der Waals surface area contributed by atoms with Crippen molar-refractivity contribution in [2.75, 3.05) is 7.05 Å². The van der Waals surface area contributed by atoms with Gasteiger partial charge in [-0.1, -0.05) is 60.7 Å². The van der Waals surface area contributed by atoms with Crippen LogP contribution in [0.1, 0.15) is 24.5 Å². The van der Waals surface area contributed by atoms with Gasteiger partial charge in [0.25, 0.3) is 0 Å². The summed E-state index contributed by atoms with van der Waals surface area (Å²) >= 11 is 0. The largest absolute Gasteiger partial charge is 0.461 e. The van der Waals surface area contributed by atoms with Crippen molar-refractivity contribution in [3.63, 3.8) is 0 Å². The van der Waals surface area contributed by atoms with Crippen molar-refractivity contribution in [2.45, 2.75) is 50.2 Å². The van der Waals surface area contributed by atoms with Crippen LogP contribution in [0.3, 0.4) is 0 Å². The lowest BCUT2D eigenvalue weighted by atomic mass is 9.80. The second kappa shape index (κ2) is 8.85. The second-order valence-corrected chi connectivity index (χ2v) is 8.50. The van der Waals surface area contributed by atoms with Gasteiger partial charge in [-0.2, -0.15) is 0 Å². The van der Waals surface area contributed by atoms with Crippen molar-refractivity contribution in [1.82, 2.24) is 4.90 Å². The highest BCUT2D eigenvalue weighted by Gasteiger charge is 2.68. The fraction of sp³-hybridized carbons (Fsp3) is 0.417. The molecular weight excluding hydrogens is 393 g/mol. The van der Waals surface area contributed by atoms with Crippen molar-refractivity contribution >= 4 is 19.8 Å². The van der Waals surface area contributed by atoms with Crippen LogP contribution in [-0.4, -0.2) is 55.4 Å². The number of carbonyl (C=O) groups excluding carboxylic acids is 2. The third kappa shape index (κ3) is 4.12. The minimum Gasteiger partial charge on any atom is -0.461 e. The van der Waals surface area contributed by atoms with Gasteiger partial charge in [-0.15, -0.1) is 0 Å². The van der Waals surface area contributed by atoms with E-state index < -0.39 is 11.5 Å². The van der Waals surface area contributed by atoms with E-state index in [4.69, 9.17) is 14.2 Å². The number of rotatable bonds is 7. The molecule has 4 rings (SSSR count). The predicted molar refractivity (Wildman–Crippen MR) is 118 cm³/mol. The van der Waals surface area contributed by atoms with Crippen molar-refractivity contribution in [3.05, 3.63) is 71.8 Å². The molecule has 162 valence electrons. The molecule has 31 heavy (non-hydrogen) atoms. The molecule has 0 amide bonds. The molecule has 2 heterocycles. The van der Waals surface area contributed by atoms with Crippen LogP contribution in [0, 0.1) is 5.92 Å². The molecule has 2 saturated heterocycles. The summed E-state index contributed by atoms with van der Waals surface area (Å²) in [5, 5.41) is 0. The number of hydrogen-bond donors (Lipinski definition) is 0. The first-order valence-electron chi connectivity index (χ1n) is 10.7. The van der Waals surface area contributed by atoms with Crippen molar-refractivity contribution in [1.29, 1.82) is 0 Å². The van der Waals surface area contributed by atoms with Crippen molar-refractivity contribution in [2.24, 2.45) is 5.92 Å². The molecule has 2 aliphatic rings. The Morgan fingerprint density at radius 1 is 1.00 bits per heavy atom. The average Bonchev–Trinajstić information content (AvgIpc) is 3.18. The Morgan fingerprint density at radius 2 is 1.55 bits per heavy atom. The first-order valence-corrected chi connectivity index (χ1v) is 10.7. The molecule has 0 spiro atoms. The lowest BCUT2D eigenvalue weighted by Crippen LogP contribution is -2.53. The SMILES string of the molecule is B[C@@H]1O[C@]2(CC(=O)OCc3ccccc3)C(C(=O)OCc3ccccc3)C1N(C)[C@@H]2C. The number of morpholine rings is 1. The van der Waals surface area contributed by atoms with E-state index in [1.807, 2.05) is 82.5 Å². The lowest BCUT2D eigenvalue weighted by molar-refractivity contribution is -0.166. The standard InChI is InChI=1S/C24H28BNO5/c1-16-24(13-19(27)29-14-17-9-5-3-6-10-17)20(21(26(16)2)22(25)31-24)23(28)30-15-18-11-7-4-8-12-18/h3-12,16,20-22H,13-15,25H2,1-2H3/t16-,20?,21?,22-,24+/m1/s1. The Hall–Kier alpha value is -2.64. The van der Waals surface area contributed by atoms with E-state index in [9.17, 15) is 9.59 Å². The molecule has 2 fully saturated rings. The van der Waals surface area contributed by atoms with Crippen LogP contribution < -0.4 is 0 Å². The molecule has 2 bridgehead atoms. The summed E-state index contributed by atoms with van der Waals surface area (Å²) in [6.07, 6.45) is 0.0112. The van der Waals surface area contributed by atoms with Gasteiger partial charge in [0.05, 0.1) is 6.42 Å². The zero-order chi connectivity index (χ0) is 22.0. The van der Waals surface area contributed by atoms with Gasteiger partial charge in [0.15, 0.2) is 0 Å². The van der Waals surface area contributed by atoms with Gasteiger partial charge in [0.1, 0.15) is 32.6 Å². The first kappa shape index (κ1) is 21.6. The van der Waals surface area contributed by atoms with E-state index in [2.05, 4.69) is 4.90 Å². The fourth-order valence-corrected chi connectivity index (χ4v) is 5.05. The van der Waals surface area contributed by atoms with Crippen LogP contribution >= 0.6 is 0 Å². The van der Waals surface area contributed by atoms with E-state index in [0.29, 0.717) is 0 Å².